The van der Waals surface area contributed by atoms with Crippen LogP contribution in [0.4, 0.5) is 11.6 Å². The number of aliphatic hydroxyl groups excluding tert-OH is 1. The predicted octanol–water partition coefficient (Wildman–Crippen LogP) is 0.162. The van der Waals surface area contributed by atoms with Gasteiger partial charge in [-0.1, -0.05) is 0 Å². The Morgan fingerprint density at radius 3 is 3.00 bits per heavy atom. The lowest BCUT2D eigenvalue weighted by molar-refractivity contribution is 0.292. The van der Waals surface area contributed by atoms with Gasteiger partial charge in [0.25, 0.3) is 0 Å². The summed E-state index contributed by atoms with van der Waals surface area (Å²) in [5.74, 6) is 1.22. The topological polar surface area (TPSA) is 84.1 Å². The molecule has 5 heteroatoms. The minimum Gasteiger partial charge on any atom is -0.396 e. The second-order valence-electron chi connectivity index (χ2n) is 2.74. The monoisotopic (exact) mass is 182 g/mol. The van der Waals surface area contributed by atoms with Gasteiger partial charge in [-0.3, -0.25) is 0 Å². The van der Waals surface area contributed by atoms with Gasteiger partial charge in [0.05, 0.1) is 0 Å². The number of hydrogen-bond acceptors (Lipinski definition) is 5. The minimum atomic E-state index is 0.173. The molecule has 1 rings (SSSR count). The molecule has 0 fully saturated rings. The van der Waals surface area contributed by atoms with E-state index in [4.69, 9.17) is 10.8 Å². The summed E-state index contributed by atoms with van der Waals surface area (Å²) in [4.78, 5) is 7.87. The Labute approximate surface area is 77.0 Å². The van der Waals surface area contributed by atoms with Crippen molar-refractivity contribution < 1.29 is 5.11 Å². The Morgan fingerprint density at radius 2 is 2.31 bits per heavy atom. The third-order valence-corrected chi connectivity index (χ3v) is 1.75. The zero-order valence-electron chi connectivity index (χ0n) is 7.62. The number of aromatic nitrogens is 2. The maximum Gasteiger partial charge on any atom is 0.134 e. The predicted molar refractivity (Wildman–Crippen MR) is 51.4 cm³/mol. The van der Waals surface area contributed by atoms with Crippen LogP contribution in [0.15, 0.2) is 6.33 Å². The molecule has 72 valence electrons. The summed E-state index contributed by atoms with van der Waals surface area (Å²) < 4.78 is 0. The fourth-order valence-corrected chi connectivity index (χ4v) is 0.928. The molecule has 5 nitrogen and oxygen atoms in total. The highest BCUT2D eigenvalue weighted by molar-refractivity contribution is 5.53. The van der Waals surface area contributed by atoms with Crippen molar-refractivity contribution in [1.29, 1.82) is 0 Å². The first kappa shape index (κ1) is 9.73. The number of rotatable bonds is 4. The van der Waals surface area contributed by atoms with Crippen LogP contribution >= 0.6 is 0 Å². The largest absolute Gasteiger partial charge is 0.396 e. The molecule has 0 bridgehead atoms. The van der Waals surface area contributed by atoms with Gasteiger partial charge >= 0.3 is 0 Å². The third kappa shape index (κ3) is 2.55. The van der Waals surface area contributed by atoms with E-state index in [1.165, 1.54) is 6.33 Å². The molecule has 0 aliphatic rings. The van der Waals surface area contributed by atoms with E-state index < -0.39 is 0 Å². The van der Waals surface area contributed by atoms with Crippen molar-refractivity contribution in [3.8, 4) is 0 Å². The lowest BCUT2D eigenvalue weighted by Crippen LogP contribution is -2.08. The van der Waals surface area contributed by atoms with E-state index >= 15 is 0 Å². The van der Waals surface area contributed by atoms with E-state index in [2.05, 4.69) is 15.3 Å². The molecule has 0 saturated heterocycles. The zero-order valence-corrected chi connectivity index (χ0v) is 7.62. The van der Waals surface area contributed by atoms with Gasteiger partial charge in [-0.25, -0.2) is 9.97 Å². The van der Waals surface area contributed by atoms with E-state index in [0.29, 0.717) is 18.8 Å². The number of aliphatic hydroxyl groups is 1. The second-order valence-corrected chi connectivity index (χ2v) is 2.74. The number of anilines is 2. The first-order valence-corrected chi connectivity index (χ1v) is 4.17. The smallest absolute Gasteiger partial charge is 0.134 e. The van der Waals surface area contributed by atoms with Crippen molar-refractivity contribution in [2.24, 2.45) is 0 Å². The second kappa shape index (κ2) is 4.61. The Balaban J connectivity index is 2.61. The Bertz CT molecular complexity index is 277. The van der Waals surface area contributed by atoms with E-state index in [1.807, 2.05) is 6.92 Å². The van der Waals surface area contributed by atoms with Gasteiger partial charge in [0, 0.05) is 18.7 Å². The van der Waals surface area contributed by atoms with Crippen LogP contribution in [0.25, 0.3) is 0 Å². The molecule has 4 N–H and O–H groups in total. The highest BCUT2D eigenvalue weighted by Gasteiger charge is 2.01. The molecule has 0 aromatic carbocycles. The average molecular weight is 182 g/mol. The molecule has 0 aliphatic carbocycles. The van der Waals surface area contributed by atoms with E-state index in [1.54, 1.807) is 0 Å². The lowest BCUT2D eigenvalue weighted by Gasteiger charge is -2.07. The van der Waals surface area contributed by atoms with Crippen molar-refractivity contribution in [2.75, 3.05) is 24.2 Å². The van der Waals surface area contributed by atoms with Gasteiger partial charge in [0.1, 0.15) is 18.0 Å². The van der Waals surface area contributed by atoms with Gasteiger partial charge < -0.3 is 16.2 Å². The summed E-state index contributed by atoms with van der Waals surface area (Å²) in [6.07, 6.45) is 2.12. The normalized spacial score (nSPS) is 10.0. The molecule has 0 amide bonds. The van der Waals surface area contributed by atoms with Crippen molar-refractivity contribution >= 4 is 11.6 Å². The van der Waals surface area contributed by atoms with Crippen LogP contribution in [0.2, 0.25) is 0 Å². The standard InChI is InChI=1S/C8H14N4O/c1-6-7(9)11-5-12-8(6)10-3-2-4-13/h5,13H,2-4H2,1H3,(H3,9,10,11,12). The van der Waals surface area contributed by atoms with Crippen molar-refractivity contribution in [2.45, 2.75) is 13.3 Å². The summed E-state index contributed by atoms with van der Waals surface area (Å²) in [6, 6.07) is 0. The molecule has 0 saturated carbocycles. The molecule has 0 atom stereocenters. The molecule has 0 radical (unpaired) electrons. The minimum absolute atomic E-state index is 0.173. The Hall–Kier alpha value is -1.36. The molecular weight excluding hydrogens is 168 g/mol. The molecule has 0 spiro atoms. The number of nitrogens with two attached hydrogens (primary N) is 1. The molecule has 1 aromatic heterocycles. The number of nitrogen functional groups attached to an aromatic ring is 1. The number of nitrogens with zero attached hydrogens (tertiary/aromatic N) is 2. The fourth-order valence-electron chi connectivity index (χ4n) is 0.928. The summed E-state index contributed by atoms with van der Waals surface area (Å²) >= 11 is 0. The SMILES string of the molecule is Cc1c(N)ncnc1NCCCO. The van der Waals surface area contributed by atoms with E-state index in [0.717, 1.165) is 11.4 Å². The highest BCUT2D eigenvalue weighted by Crippen LogP contribution is 2.14. The van der Waals surface area contributed by atoms with Gasteiger partial charge in [-0.15, -0.1) is 0 Å². The Morgan fingerprint density at radius 1 is 1.54 bits per heavy atom. The van der Waals surface area contributed by atoms with Crippen LogP contribution in [0.5, 0.6) is 0 Å². The summed E-state index contributed by atoms with van der Waals surface area (Å²) in [7, 11) is 0. The third-order valence-electron chi connectivity index (χ3n) is 1.75. The van der Waals surface area contributed by atoms with Gasteiger partial charge in [-0.2, -0.15) is 0 Å². The maximum absolute atomic E-state index is 8.57. The fraction of sp³-hybridized carbons (Fsp3) is 0.500. The Kier molecular flexibility index (Phi) is 3.45. The van der Waals surface area contributed by atoms with Crippen LogP contribution in [-0.2, 0) is 0 Å². The zero-order chi connectivity index (χ0) is 9.68. The maximum atomic E-state index is 8.57. The highest BCUT2D eigenvalue weighted by atomic mass is 16.3. The van der Waals surface area contributed by atoms with Crippen molar-refractivity contribution in [3.05, 3.63) is 11.9 Å². The van der Waals surface area contributed by atoms with Gasteiger partial charge in [0.15, 0.2) is 0 Å². The molecule has 0 aliphatic heterocycles. The summed E-state index contributed by atoms with van der Waals surface area (Å²) in [5, 5.41) is 11.6. The molecule has 1 aromatic rings. The van der Waals surface area contributed by atoms with Crippen LogP contribution in [0.1, 0.15) is 12.0 Å². The number of hydrogen-bond donors (Lipinski definition) is 3. The van der Waals surface area contributed by atoms with E-state index in [-0.39, 0.29) is 6.61 Å². The molecule has 13 heavy (non-hydrogen) atoms. The van der Waals surface area contributed by atoms with Gasteiger partial charge in [-0.05, 0) is 13.3 Å². The first-order chi connectivity index (χ1) is 6.25. The van der Waals surface area contributed by atoms with Crippen LogP contribution < -0.4 is 11.1 Å². The van der Waals surface area contributed by atoms with Crippen molar-refractivity contribution in [3.63, 3.8) is 0 Å². The summed E-state index contributed by atoms with van der Waals surface area (Å²) in [5.41, 5.74) is 6.43. The molecule has 0 unspecified atom stereocenters. The lowest BCUT2D eigenvalue weighted by atomic mass is 10.3. The van der Waals surface area contributed by atoms with Crippen LogP contribution in [-0.4, -0.2) is 28.2 Å². The van der Waals surface area contributed by atoms with Gasteiger partial charge in [0.2, 0.25) is 0 Å². The average Bonchev–Trinajstić information content (AvgIpc) is 2.13. The van der Waals surface area contributed by atoms with E-state index in [9.17, 15) is 0 Å². The van der Waals surface area contributed by atoms with Crippen molar-refractivity contribution in [1.82, 2.24) is 9.97 Å². The molecule has 1 heterocycles. The van der Waals surface area contributed by atoms with Crippen LogP contribution in [0, 0.1) is 6.92 Å². The van der Waals surface area contributed by atoms with Crippen LogP contribution in [0.3, 0.4) is 0 Å². The first-order valence-electron chi connectivity index (χ1n) is 4.17. The summed E-state index contributed by atoms with van der Waals surface area (Å²) in [6.45, 7) is 2.72. The quantitative estimate of drug-likeness (QED) is 0.578. The molecular formula is C8H14N4O. The number of nitrogens with one attached hydrogen (secondary N) is 1.